The first-order valence-electron chi connectivity index (χ1n) is 6.65. The number of ether oxygens (including phenoxy) is 1. The molecule has 2 aromatic rings. The summed E-state index contributed by atoms with van der Waals surface area (Å²) in [5, 5.41) is 19.3. The number of hydrogen-bond acceptors (Lipinski definition) is 7. The molecule has 3 rings (SSSR count). The molecule has 0 aromatic carbocycles. The standard InChI is InChI=1S/C13H13F2N5O3/c14-3-1-2-13(15)9(22)8(5-21)23-11(13)20-6-18-7-4-17-12(16)19-10(7)20/h4,6,8-9,11,21-22H,3,5H2,(H2,16,17,19)/t8-,9+,11-,13?/m1/s1. The molecule has 0 spiro atoms. The molecular formula is C13H13F2N5O3. The molecule has 3 heterocycles. The van der Waals surface area contributed by atoms with Gasteiger partial charge in [-0.05, 0) is 0 Å². The van der Waals surface area contributed by atoms with Crippen molar-refractivity contribution in [2.45, 2.75) is 24.1 Å². The first kappa shape index (κ1) is 15.5. The van der Waals surface area contributed by atoms with Crippen LogP contribution in [0, 0.1) is 11.8 Å². The lowest BCUT2D eigenvalue weighted by molar-refractivity contribution is -0.0504. The second kappa shape index (κ2) is 5.69. The quantitative estimate of drug-likeness (QED) is 0.627. The Morgan fingerprint density at radius 2 is 2.26 bits per heavy atom. The summed E-state index contributed by atoms with van der Waals surface area (Å²) in [5.41, 5.74) is 3.36. The summed E-state index contributed by atoms with van der Waals surface area (Å²) in [6.45, 7) is -1.72. The van der Waals surface area contributed by atoms with E-state index in [4.69, 9.17) is 10.5 Å². The first-order valence-corrected chi connectivity index (χ1v) is 6.65. The smallest absolute Gasteiger partial charge is 0.243 e. The van der Waals surface area contributed by atoms with Gasteiger partial charge < -0.3 is 20.7 Å². The van der Waals surface area contributed by atoms with E-state index >= 15 is 4.39 Å². The van der Waals surface area contributed by atoms with Crippen molar-refractivity contribution < 1.29 is 23.7 Å². The van der Waals surface area contributed by atoms with Gasteiger partial charge in [-0.2, -0.15) is 4.98 Å². The fourth-order valence-corrected chi connectivity index (χ4v) is 2.48. The number of rotatable bonds is 2. The average molecular weight is 325 g/mol. The minimum atomic E-state index is -2.65. The van der Waals surface area contributed by atoms with Crippen LogP contribution in [0.3, 0.4) is 0 Å². The Labute approximate surface area is 128 Å². The van der Waals surface area contributed by atoms with Crippen molar-refractivity contribution in [2.24, 2.45) is 0 Å². The van der Waals surface area contributed by atoms with Crippen LogP contribution in [0.5, 0.6) is 0 Å². The van der Waals surface area contributed by atoms with Crippen LogP contribution < -0.4 is 5.73 Å². The highest BCUT2D eigenvalue weighted by Crippen LogP contribution is 2.42. The lowest BCUT2D eigenvalue weighted by atomic mass is 9.96. The van der Waals surface area contributed by atoms with E-state index in [2.05, 4.69) is 15.0 Å². The molecule has 1 fully saturated rings. The van der Waals surface area contributed by atoms with Crippen LogP contribution in [-0.2, 0) is 4.74 Å². The summed E-state index contributed by atoms with van der Waals surface area (Å²) in [6, 6.07) is 0. The Hall–Kier alpha value is -2.35. The fraction of sp³-hybridized carbons (Fsp3) is 0.462. The Balaban J connectivity index is 2.13. The number of anilines is 1. The van der Waals surface area contributed by atoms with Gasteiger partial charge in [0.1, 0.15) is 24.4 Å². The van der Waals surface area contributed by atoms with Crippen LogP contribution in [0.1, 0.15) is 6.23 Å². The first-order chi connectivity index (χ1) is 11.0. The van der Waals surface area contributed by atoms with Gasteiger partial charge in [0.15, 0.2) is 11.9 Å². The molecule has 4 N–H and O–H groups in total. The molecule has 0 radical (unpaired) electrons. The summed E-state index contributed by atoms with van der Waals surface area (Å²) >= 11 is 0. The third-order valence-electron chi connectivity index (χ3n) is 3.56. The number of aliphatic hydroxyl groups is 2. The zero-order valence-corrected chi connectivity index (χ0v) is 11.7. The molecule has 10 heteroatoms. The second-order valence-corrected chi connectivity index (χ2v) is 4.95. The van der Waals surface area contributed by atoms with Crippen molar-refractivity contribution in [1.82, 2.24) is 19.5 Å². The van der Waals surface area contributed by atoms with Crippen molar-refractivity contribution in [1.29, 1.82) is 0 Å². The zero-order chi connectivity index (χ0) is 16.6. The molecule has 0 amide bonds. The van der Waals surface area contributed by atoms with Gasteiger partial charge in [-0.1, -0.05) is 11.8 Å². The predicted molar refractivity (Wildman–Crippen MR) is 74.3 cm³/mol. The molecule has 1 aliphatic rings. The Kier molecular flexibility index (Phi) is 3.85. The number of halogens is 2. The van der Waals surface area contributed by atoms with Crippen molar-refractivity contribution >= 4 is 17.1 Å². The zero-order valence-electron chi connectivity index (χ0n) is 11.7. The Morgan fingerprint density at radius 1 is 1.48 bits per heavy atom. The molecule has 1 saturated heterocycles. The second-order valence-electron chi connectivity index (χ2n) is 4.95. The molecule has 0 aliphatic carbocycles. The van der Waals surface area contributed by atoms with Gasteiger partial charge in [-0.15, -0.1) is 0 Å². The summed E-state index contributed by atoms with van der Waals surface area (Å²) in [6.07, 6.45) is -1.91. The molecule has 1 unspecified atom stereocenters. The maximum absolute atomic E-state index is 15.2. The molecule has 0 bridgehead atoms. The van der Waals surface area contributed by atoms with E-state index in [1.807, 2.05) is 11.8 Å². The van der Waals surface area contributed by atoms with Gasteiger partial charge in [0.2, 0.25) is 11.6 Å². The van der Waals surface area contributed by atoms with Crippen molar-refractivity contribution in [3.8, 4) is 11.8 Å². The lowest BCUT2D eigenvalue weighted by Crippen LogP contribution is -2.42. The number of imidazole rings is 1. The number of nitrogens with zero attached hydrogens (tertiary/aromatic N) is 4. The largest absolute Gasteiger partial charge is 0.394 e. The predicted octanol–water partition coefficient (Wildman–Crippen LogP) is -0.660. The topological polar surface area (TPSA) is 119 Å². The van der Waals surface area contributed by atoms with Gasteiger partial charge in [0, 0.05) is 0 Å². The molecular weight excluding hydrogens is 312 g/mol. The number of hydrogen-bond donors (Lipinski definition) is 3. The molecule has 8 nitrogen and oxygen atoms in total. The van der Waals surface area contributed by atoms with Crippen molar-refractivity contribution in [3.63, 3.8) is 0 Å². The highest BCUT2D eigenvalue weighted by molar-refractivity contribution is 5.70. The van der Waals surface area contributed by atoms with E-state index in [1.165, 1.54) is 17.1 Å². The van der Waals surface area contributed by atoms with Crippen LogP contribution in [0.4, 0.5) is 14.7 Å². The van der Waals surface area contributed by atoms with Crippen LogP contribution in [0.25, 0.3) is 11.2 Å². The minimum absolute atomic E-state index is 0.0594. The van der Waals surface area contributed by atoms with Gasteiger partial charge in [0.05, 0.1) is 19.1 Å². The van der Waals surface area contributed by atoms with Gasteiger partial charge in [-0.3, -0.25) is 4.57 Å². The van der Waals surface area contributed by atoms with Crippen molar-refractivity contribution in [3.05, 3.63) is 12.5 Å². The van der Waals surface area contributed by atoms with Crippen molar-refractivity contribution in [2.75, 3.05) is 19.0 Å². The maximum atomic E-state index is 15.2. The molecule has 4 atom stereocenters. The van der Waals surface area contributed by atoms with Gasteiger partial charge >= 0.3 is 0 Å². The molecule has 23 heavy (non-hydrogen) atoms. The number of nitrogens with two attached hydrogens (primary N) is 1. The number of alkyl halides is 2. The number of fused-ring (bicyclic) bond motifs is 1. The normalized spacial score (nSPS) is 30.3. The monoisotopic (exact) mass is 325 g/mol. The molecule has 122 valence electrons. The van der Waals surface area contributed by atoms with Gasteiger partial charge in [0.25, 0.3) is 0 Å². The Bertz CT molecular complexity index is 789. The molecule has 1 aliphatic heterocycles. The lowest BCUT2D eigenvalue weighted by Gasteiger charge is -2.23. The average Bonchev–Trinajstić information content (AvgIpc) is 3.05. The van der Waals surface area contributed by atoms with Crippen LogP contribution in [0.2, 0.25) is 0 Å². The van der Waals surface area contributed by atoms with E-state index in [-0.39, 0.29) is 11.6 Å². The third-order valence-corrected chi connectivity index (χ3v) is 3.56. The van der Waals surface area contributed by atoms with E-state index < -0.39 is 37.4 Å². The van der Waals surface area contributed by atoms with Crippen LogP contribution in [0.15, 0.2) is 12.5 Å². The maximum Gasteiger partial charge on any atom is 0.243 e. The minimum Gasteiger partial charge on any atom is -0.394 e. The number of aliphatic hydroxyl groups excluding tert-OH is 2. The van der Waals surface area contributed by atoms with E-state index in [1.54, 1.807) is 0 Å². The van der Waals surface area contributed by atoms with E-state index in [0.717, 1.165) is 0 Å². The van der Waals surface area contributed by atoms with Gasteiger partial charge in [-0.25, -0.2) is 18.7 Å². The highest BCUT2D eigenvalue weighted by atomic mass is 19.1. The summed E-state index contributed by atoms with van der Waals surface area (Å²) in [5.74, 6) is 3.93. The molecule has 0 saturated carbocycles. The molecule has 2 aromatic heterocycles. The summed E-state index contributed by atoms with van der Waals surface area (Å²) in [7, 11) is 0. The highest BCUT2D eigenvalue weighted by Gasteiger charge is 2.57. The van der Waals surface area contributed by atoms with E-state index in [9.17, 15) is 14.6 Å². The number of nitrogen functional groups attached to an aromatic ring is 1. The third kappa shape index (κ3) is 2.39. The summed E-state index contributed by atoms with van der Waals surface area (Å²) in [4.78, 5) is 11.7. The fourth-order valence-electron chi connectivity index (χ4n) is 2.48. The van der Waals surface area contributed by atoms with Crippen LogP contribution >= 0.6 is 0 Å². The Morgan fingerprint density at radius 3 is 2.96 bits per heavy atom. The summed E-state index contributed by atoms with van der Waals surface area (Å²) < 4.78 is 34.1. The van der Waals surface area contributed by atoms with E-state index in [0.29, 0.717) is 5.52 Å². The van der Waals surface area contributed by atoms with Crippen LogP contribution in [-0.4, -0.2) is 60.9 Å². The SMILES string of the molecule is Nc1ncc2ncn([C@@H]3O[C@H](CO)[C@H](O)C3(F)C#CCF)c2n1. The number of aromatic nitrogens is 4.